The second-order valence-electron chi connectivity index (χ2n) is 6.43. The first-order valence-corrected chi connectivity index (χ1v) is 8.65. The molecule has 0 saturated heterocycles. The topological polar surface area (TPSA) is 191 Å². The van der Waals surface area contributed by atoms with Crippen LogP contribution in [-0.2, 0) is 19.2 Å². The number of hydrogen-bond donors (Lipinski definition) is 7. The zero-order valence-corrected chi connectivity index (χ0v) is 15.9. The van der Waals surface area contributed by atoms with E-state index in [1.807, 2.05) is 0 Å². The average molecular weight is 390 g/mol. The van der Waals surface area contributed by atoms with Crippen molar-refractivity contribution in [2.24, 2.45) is 11.7 Å². The summed E-state index contributed by atoms with van der Waals surface area (Å²) < 4.78 is 0. The lowest BCUT2D eigenvalue weighted by molar-refractivity contribution is -0.146. The largest absolute Gasteiger partial charge is 0.480 e. The Labute approximate surface area is 157 Å². The summed E-state index contributed by atoms with van der Waals surface area (Å²) >= 11 is 0. The molecule has 0 radical (unpaired) electrons. The van der Waals surface area contributed by atoms with E-state index in [0.717, 1.165) is 0 Å². The Morgan fingerprint density at radius 1 is 0.852 bits per heavy atom. The van der Waals surface area contributed by atoms with Crippen LogP contribution in [0.1, 0.15) is 34.1 Å². The van der Waals surface area contributed by atoms with Crippen LogP contribution < -0.4 is 21.7 Å². The monoisotopic (exact) mass is 390 g/mol. The lowest BCUT2D eigenvalue weighted by Crippen LogP contribution is -2.61. The molecule has 0 aromatic heterocycles. The van der Waals surface area contributed by atoms with Crippen LogP contribution in [0.15, 0.2) is 0 Å². The minimum absolute atomic E-state index is 0.289. The molecule has 0 spiro atoms. The van der Waals surface area contributed by atoms with E-state index >= 15 is 0 Å². The van der Waals surface area contributed by atoms with Gasteiger partial charge in [-0.05, 0) is 19.8 Å². The molecule has 156 valence electrons. The first-order chi connectivity index (χ1) is 12.5. The number of rotatable bonds is 11. The maximum absolute atomic E-state index is 12.5. The summed E-state index contributed by atoms with van der Waals surface area (Å²) in [6, 6.07) is -4.09. The molecule has 0 heterocycles. The van der Waals surface area contributed by atoms with E-state index in [2.05, 4.69) is 16.0 Å². The molecule has 0 aliphatic rings. The molecule has 0 fully saturated rings. The van der Waals surface area contributed by atoms with Crippen molar-refractivity contribution in [3.05, 3.63) is 0 Å². The molecule has 6 unspecified atom stereocenters. The van der Waals surface area contributed by atoms with Crippen molar-refractivity contribution < 1.29 is 34.5 Å². The van der Waals surface area contributed by atoms with Gasteiger partial charge in [0.1, 0.15) is 12.1 Å². The molecular weight excluding hydrogens is 360 g/mol. The van der Waals surface area contributed by atoms with E-state index in [1.165, 1.54) is 13.8 Å². The standard InChI is InChI=1S/C16H30N4O7/c1-5-7(2)11(18-10(23)6-17)14(24)19-12(8(3)21)15(25)20-13(9(4)22)16(26)27/h7-9,11-13,21-22H,5-6,17H2,1-4H3,(H,18,23)(H,19,24)(H,20,25)(H,26,27). The zero-order valence-electron chi connectivity index (χ0n) is 15.9. The molecule has 0 aliphatic carbocycles. The van der Waals surface area contributed by atoms with Crippen LogP contribution in [0.4, 0.5) is 0 Å². The van der Waals surface area contributed by atoms with E-state index in [-0.39, 0.29) is 12.5 Å². The minimum atomic E-state index is -1.61. The summed E-state index contributed by atoms with van der Waals surface area (Å²) in [6.07, 6.45) is -2.22. The first kappa shape index (κ1) is 24.8. The summed E-state index contributed by atoms with van der Waals surface area (Å²) in [5.74, 6) is -4.03. The molecule has 6 atom stereocenters. The zero-order chi connectivity index (χ0) is 21.3. The van der Waals surface area contributed by atoms with E-state index < -0.39 is 54.0 Å². The van der Waals surface area contributed by atoms with Gasteiger partial charge in [-0.1, -0.05) is 20.3 Å². The summed E-state index contributed by atoms with van der Waals surface area (Å²) in [5, 5.41) is 35.1. The number of carboxylic acid groups (broad SMARTS) is 1. The Morgan fingerprint density at radius 3 is 1.67 bits per heavy atom. The smallest absolute Gasteiger partial charge is 0.328 e. The third kappa shape index (κ3) is 7.89. The predicted octanol–water partition coefficient (Wildman–Crippen LogP) is -2.71. The van der Waals surface area contributed by atoms with E-state index in [9.17, 15) is 29.4 Å². The first-order valence-electron chi connectivity index (χ1n) is 8.65. The number of aliphatic hydroxyl groups excluding tert-OH is 2. The maximum Gasteiger partial charge on any atom is 0.328 e. The summed E-state index contributed by atoms with van der Waals surface area (Å²) in [7, 11) is 0. The minimum Gasteiger partial charge on any atom is -0.480 e. The molecule has 11 heteroatoms. The van der Waals surface area contributed by atoms with Crippen molar-refractivity contribution in [2.75, 3.05) is 6.54 Å². The number of aliphatic carboxylic acids is 1. The molecule has 0 aromatic rings. The van der Waals surface area contributed by atoms with Gasteiger partial charge in [-0.2, -0.15) is 0 Å². The van der Waals surface area contributed by atoms with Crippen LogP contribution in [0, 0.1) is 5.92 Å². The van der Waals surface area contributed by atoms with Crippen LogP contribution >= 0.6 is 0 Å². The summed E-state index contributed by atoms with van der Waals surface area (Å²) in [4.78, 5) is 47.5. The number of carboxylic acids is 1. The van der Waals surface area contributed by atoms with Crippen molar-refractivity contribution in [1.82, 2.24) is 16.0 Å². The fraction of sp³-hybridized carbons (Fsp3) is 0.750. The number of nitrogens with two attached hydrogens (primary N) is 1. The number of amides is 3. The van der Waals surface area contributed by atoms with Gasteiger partial charge in [-0.3, -0.25) is 14.4 Å². The Morgan fingerprint density at radius 2 is 1.30 bits per heavy atom. The van der Waals surface area contributed by atoms with Gasteiger partial charge in [0.2, 0.25) is 17.7 Å². The molecule has 0 aliphatic heterocycles. The van der Waals surface area contributed by atoms with E-state index in [1.54, 1.807) is 13.8 Å². The third-order valence-corrected chi connectivity index (χ3v) is 4.11. The van der Waals surface area contributed by atoms with Crippen molar-refractivity contribution in [1.29, 1.82) is 0 Å². The van der Waals surface area contributed by atoms with Crippen molar-refractivity contribution in [2.45, 2.75) is 64.4 Å². The third-order valence-electron chi connectivity index (χ3n) is 4.11. The fourth-order valence-electron chi connectivity index (χ4n) is 2.21. The SMILES string of the molecule is CCC(C)C(NC(=O)CN)C(=O)NC(C(=O)NC(C(=O)O)C(C)O)C(C)O. The van der Waals surface area contributed by atoms with Gasteiger partial charge in [-0.15, -0.1) is 0 Å². The van der Waals surface area contributed by atoms with Crippen LogP contribution in [0.3, 0.4) is 0 Å². The summed E-state index contributed by atoms with van der Waals surface area (Å²) in [6.45, 7) is 5.61. The molecule has 8 N–H and O–H groups in total. The Hall–Kier alpha value is -2.24. The van der Waals surface area contributed by atoms with Gasteiger partial charge in [0.05, 0.1) is 18.8 Å². The Kier molecular flexibility index (Phi) is 10.5. The molecule has 0 rings (SSSR count). The number of nitrogens with one attached hydrogen (secondary N) is 3. The quantitative estimate of drug-likeness (QED) is 0.198. The van der Waals surface area contributed by atoms with Gasteiger partial charge in [0, 0.05) is 0 Å². The van der Waals surface area contributed by atoms with Crippen LogP contribution in [0.25, 0.3) is 0 Å². The lowest BCUT2D eigenvalue weighted by atomic mass is 9.97. The van der Waals surface area contributed by atoms with E-state index in [0.29, 0.717) is 6.42 Å². The van der Waals surface area contributed by atoms with Crippen LogP contribution in [0.2, 0.25) is 0 Å². The molecule has 0 bridgehead atoms. The lowest BCUT2D eigenvalue weighted by Gasteiger charge is -2.28. The highest BCUT2D eigenvalue weighted by Crippen LogP contribution is 2.09. The molecular formula is C16H30N4O7. The molecule has 3 amide bonds. The highest BCUT2D eigenvalue weighted by Gasteiger charge is 2.34. The molecule has 0 aromatic carbocycles. The molecule has 27 heavy (non-hydrogen) atoms. The van der Waals surface area contributed by atoms with Gasteiger partial charge in [-0.25, -0.2) is 4.79 Å². The van der Waals surface area contributed by atoms with Crippen LogP contribution in [-0.4, -0.2) is 75.9 Å². The molecule has 11 nitrogen and oxygen atoms in total. The second kappa shape index (κ2) is 11.5. The predicted molar refractivity (Wildman–Crippen MR) is 95.3 cm³/mol. The number of hydrogen-bond acceptors (Lipinski definition) is 7. The Bertz CT molecular complexity index is 539. The Balaban J connectivity index is 5.34. The van der Waals surface area contributed by atoms with E-state index in [4.69, 9.17) is 10.8 Å². The fourth-order valence-corrected chi connectivity index (χ4v) is 2.21. The number of carbonyl (C=O) groups is 4. The van der Waals surface area contributed by atoms with Crippen molar-refractivity contribution in [3.63, 3.8) is 0 Å². The molecule has 0 saturated carbocycles. The average Bonchev–Trinajstić information content (AvgIpc) is 2.59. The maximum atomic E-state index is 12.5. The number of carbonyl (C=O) groups excluding carboxylic acids is 3. The number of aliphatic hydroxyl groups is 2. The highest BCUT2D eigenvalue weighted by molar-refractivity contribution is 5.94. The van der Waals surface area contributed by atoms with Gasteiger partial charge < -0.3 is 37.0 Å². The van der Waals surface area contributed by atoms with Crippen molar-refractivity contribution in [3.8, 4) is 0 Å². The van der Waals surface area contributed by atoms with Crippen molar-refractivity contribution >= 4 is 23.7 Å². The normalized spacial score (nSPS) is 17.6. The summed E-state index contributed by atoms with van der Waals surface area (Å²) in [5.41, 5.74) is 5.24. The second-order valence-corrected chi connectivity index (χ2v) is 6.43. The van der Waals surface area contributed by atoms with Crippen LogP contribution in [0.5, 0.6) is 0 Å². The van der Waals surface area contributed by atoms with Gasteiger partial charge in [0.15, 0.2) is 6.04 Å². The highest BCUT2D eigenvalue weighted by atomic mass is 16.4. The van der Waals surface area contributed by atoms with Gasteiger partial charge >= 0.3 is 5.97 Å². The van der Waals surface area contributed by atoms with Gasteiger partial charge in [0.25, 0.3) is 0 Å².